The fourth-order valence-corrected chi connectivity index (χ4v) is 2.63. The average Bonchev–Trinajstić information content (AvgIpc) is 2.97. The Kier molecular flexibility index (Phi) is 3.54. The number of benzene rings is 1. The molecule has 1 aliphatic rings. The largest absolute Gasteiger partial charge is 0.465 e. The second-order valence-electron chi connectivity index (χ2n) is 5.13. The zero-order chi connectivity index (χ0) is 15.7. The number of fused-ring (bicyclic) bond motifs is 1. The van der Waals surface area contributed by atoms with E-state index in [-0.39, 0.29) is 5.91 Å². The maximum Gasteiger partial charge on any atom is 0.407 e. The lowest BCUT2D eigenvalue weighted by Crippen LogP contribution is -2.34. The van der Waals surface area contributed by atoms with Crippen LogP contribution in [0.15, 0.2) is 24.3 Å². The molecule has 2 heterocycles. The van der Waals surface area contributed by atoms with Crippen molar-refractivity contribution in [2.45, 2.75) is 6.42 Å². The number of carbonyl (C=O) groups is 2. The van der Waals surface area contributed by atoms with Crippen molar-refractivity contribution in [2.24, 2.45) is 0 Å². The van der Waals surface area contributed by atoms with Crippen molar-refractivity contribution in [1.82, 2.24) is 20.4 Å². The van der Waals surface area contributed by atoms with Gasteiger partial charge >= 0.3 is 6.09 Å². The van der Waals surface area contributed by atoms with Crippen LogP contribution in [0, 0.1) is 0 Å². The zero-order valence-electron chi connectivity index (χ0n) is 12.1. The number of nitrogens with zero attached hydrogens (tertiary/aromatic N) is 2. The van der Waals surface area contributed by atoms with Crippen LogP contribution >= 0.6 is 0 Å². The highest BCUT2D eigenvalue weighted by Crippen LogP contribution is 2.25. The van der Waals surface area contributed by atoms with Gasteiger partial charge in [-0.2, -0.15) is 5.10 Å². The molecule has 2 aromatic rings. The Balaban J connectivity index is 1.94. The van der Waals surface area contributed by atoms with Crippen molar-refractivity contribution < 1.29 is 14.7 Å². The number of aromatic nitrogens is 2. The third kappa shape index (κ3) is 2.41. The number of hydrogen-bond donors (Lipinski definition) is 3. The van der Waals surface area contributed by atoms with Crippen LogP contribution in [0.5, 0.6) is 0 Å². The van der Waals surface area contributed by atoms with E-state index in [1.165, 1.54) is 4.90 Å². The summed E-state index contributed by atoms with van der Waals surface area (Å²) in [6.45, 7) is 0.892. The molecule has 114 valence electrons. The van der Waals surface area contributed by atoms with Crippen LogP contribution in [0.1, 0.15) is 22.5 Å². The van der Waals surface area contributed by atoms with E-state index in [4.69, 9.17) is 5.11 Å². The topological polar surface area (TPSA) is 98.3 Å². The fourth-order valence-electron chi connectivity index (χ4n) is 2.63. The maximum atomic E-state index is 11.7. The van der Waals surface area contributed by atoms with Crippen molar-refractivity contribution >= 4 is 28.5 Å². The molecule has 7 heteroatoms. The van der Waals surface area contributed by atoms with Gasteiger partial charge in [-0.1, -0.05) is 12.1 Å². The summed E-state index contributed by atoms with van der Waals surface area (Å²) in [5.74, 6) is -0.243. The van der Waals surface area contributed by atoms with Gasteiger partial charge in [-0.05, 0) is 29.7 Å². The molecular weight excluding hydrogens is 284 g/mol. The van der Waals surface area contributed by atoms with Crippen LogP contribution in [0.25, 0.3) is 16.5 Å². The molecule has 2 amide bonds. The summed E-state index contributed by atoms with van der Waals surface area (Å²) < 4.78 is 0. The summed E-state index contributed by atoms with van der Waals surface area (Å²) in [5.41, 5.74) is 3.01. The molecule has 0 fully saturated rings. The molecule has 0 atom stereocenters. The lowest BCUT2D eigenvalue weighted by atomic mass is 10.00. The summed E-state index contributed by atoms with van der Waals surface area (Å²) >= 11 is 0. The molecule has 0 saturated heterocycles. The van der Waals surface area contributed by atoms with E-state index < -0.39 is 6.09 Å². The van der Waals surface area contributed by atoms with Gasteiger partial charge in [0, 0.05) is 25.5 Å². The van der Waals surface area contributed by atoms with Crippen molar-refractivity contribution in [3.63, 3.8) is 0 Å². The Morgan fingerprint density at radius 2 is 2.23 bits per heavy atom. The van der Waals surface area contributed by atoms with Crippen molar-refractivity contribution in [2.75, 3.05) is 20.1 Å². The third-order valence-corrected chi connectivity index (χ3v) is 3.80. The summed E-state index contributed by atoms with van der Waals surface area (Å²) in [4.78, 5) is 24.2. The van der Waals surface area contributed by atoms with Gasteiger partial charge in [0.15, 0.2) is 5.69 Å². The van der Waals surface area contributed by atoms with Crippen LogP contribution < -0.4 is 5.32 Å². The van der Waals surface area contributed by atoms with Crippen molar-refractivity contribution in [3.8, 4) is 0 Å². The first-order valence-electron chi connectivity index (χ1n) is 6.97. The molecule has 0 aliphatic carbocycles. The predicted molar refractivity (Wildman–Crippen MR) is 81.7 cm³/mol. The van der Waals surface area contributed by atoms with Gasteiger partial charge in [-0.15, -0.1) is 0 Å². The minimum absolute atomic E-state index is 0.243. The summed E-state index contributed by atoms with van der Waals surface area (Å²) in [6, 6.07) is 5.62. The molecule has 1 aromatic heterocycles. The molecule has 1 aliphatic heterocycles. The standard InChI is InChI=1S/C15H16N4O3/c1-16-14(20)13-11-5-4-9(7-12(11)17-18-13)10-3-2-6-19(8-10)15(21)22/h3-5,7H,2,6,8H2,1H3,(H,16,20)(H,17,18)(H,21,22). The second-order valence-corrected chi connectivity index (χ2v) is 5.13. The first kappa shape index (κ1) is 14.1. The van der Waals surface area contributed by atoms with Crippen molar-refractivity contribution in [1.29, 1.82) is 0 Å². The number of amides is 2. The molecule has 7 nitrogen and oxygen atoms in total. The van der Waals surface area contributed by atoms with Gasteiger partial charge in [0.2, 0.25) is 0 Å². The Morgan fingerprint density at radius 1 is 1.41 bits per heavy atom. The molecule has 0 radical (unpaired) electrons. The van der Waals surface area contributed by atoms with Gasteiger partial charge in [0.25, 0.3) is 5.91 Å². The Bertz CT molecular complexity index is 778. The van der Waals surface area contributed by atoms with Crippen LogP contribution in [-0.2, 0) is 0 Å². The Labute approximate surface area is 126 Å². The molecule has 22 heavy (non-hydrogen) atoms. The highest BCUT2D eigenvalue weighted by Gasteiger charge is 2.19. The van der Waals surface area contributed by atoms with Crippen LogP contribution in [0.4, 0.5) is 4.79 Å². The number of carbonyl (C=O) groups excluding carboxylic acids is 1. The highest BCUT2D eigenvalue weighted by molar-refractivity contribution is 6.05. The van der Waals surface area contributed by atoms with Crippen LogP contribution in [0.2, 0.25) is 0 Å². The normalized spacial score (nSPS) is 14.8. The van der Waals surface area contributed by atoms with Gasteiger partial charge in [0.1, 0.15) is 0 Å². The van der Waals surface area contributed by atoms with E-state index in [9.17, 15) is 9.59 Å². The first-order valence-corrected chi connectivity index (χ1v) is 6.97. The molecule has 3 N–H and O–H groups in total. The summed E-state index contributed by atoms with van der Waals surface area (Å²) in [6.07, 6.45) is 1.85. The predicted octanol–water partition coefficient (Wildman–Crippen LogP) is 1.69. The molecule has 1 aromatic carbocycles. The molecular formula is C15H16N4O3. The van der Waals surface area contributed by atoms with E-state index in [2.05, 4.69) is 21.6 Å². The molecule has 3 rings (SSSR count). The molecule has 0 spiro atoms. The van der Waals surface area contributed by atoms with Gasteiger partial charge < -0.3 is 15.3 Å². The Morgan fingerprint density at radius 3 is 2.95 bits per heavy atom. The van der Waals surface area contributed by atoms with Crippen LogP contribution in [0.3, 0.4) is 0 Å². The summed E-state index contributed by atoms with van der Waals surface area (Å²) in [5, 5.41) is 19.3. The minimum Gasteiger partial charge on any atom is -0.465 e. The molecule has 0 bridgehead atoms. The second kappa shape index (κ2) is 5.51. The van der Waals surface area contributed by atoms with E-state index >= 15 is 0 Å². The fraction of sp³-hybridized carbons (Fsp3) is 0.267. The van der Waals surface area contributed by atoms with Gasteiger partial charge in [-0.3, -0.25) is 9.89 Å². The minimum atomic E-state index is -0.907. The lowest BCUT2D eigenvalue weighted by molar-refractivity contribution is 0.0959. The van der Waals surface area contributed by atoms with E-state index in [0.717, 1.165) is 22.0 Å². The number of nitrogens with one attached hydrogen (secondary N) is 2. The number of H-pyrrole nitrogens is 1. The van der Waals surface area contributed by atoms with E-state index in [1.54, 1.807) is 7.05 Å². The first-order chi connectivity index (χ1) is 10.6. The van der Waals surface area contributed by atoms with E-state index in [0.29, 0.717) is 25.2 Å². The number of carboxylic acid groups (broad SMARTS) is 1. The van der Waals surface area contributed by atoms with Crippen LogP contribution in [-0.4, -0.2) is 52.3 Å². The van der Waals surface area contributed by atoms with Gasteiger partial charge in [-0.25, -0.2) is 4.79 Å². The SMILES string of the molecule is CNC(=O)c1n[nH]c2cc(C3=CCCN(C(=O)O)C3)ccc12. The zero-order valence-corrected chi connectivity index (χ0v) is 12.1. The Hall–Kier alpha value is -2.83. The monoisotopic (exact) mass is 300 g/mol. The lowest BCUT2D eigenvalue weighted by Gasteiger charge is -2.24. The third-order valence-electron chi connectivity index (χ3n) is 3.80. The summed E-state index contributed by atoms with van der Waals surface area (Å²) in [7, 11) is 1.56. The number of aromatic amines is 1. The van der Waals surface area contributed by atoms with Gasteiger partial charge in [0.05, 0.1) is 5.52 Å². The molecule has 0 saturated carbocycles. The maximum absolute atomic E-state index is 11.7. The quantitative estimate of drug-likeness (QED) is 0.786. The van der Waals surface area contributed by atoms with Crippen molar-refractivity contribution in [3.05, 3.63) is 35.5 Å². The smallest absolute Gasteiger partial charge is 0.407 e. The number of hydrogen-bond acceptors (Lipinski definition) is 3. The van der Waals surface area contributed by atoms with E-state index in [1.807, 2.05) is 18.2 Å². The number of rotatable bonds is 2. The molecule has 0 unspecified atom stereocenters. The highest BCUT2D eigenvalue weighted by atomic mass is 16.4. The average molecular weight is 300 g/mol.